The Morgan fingerprint density at radius 2 is 2.05 bits per heavy atom. The molecule has 0 saturated heterocycles. The maximum absolute atomic E-state index is 5.96. The van der Waals surface area contributed by atoms with Crippen molar-refractivity contribution in [2.45, 2.75) is 20.3 Å². The summed E-state index contributed by atoms with van der Waals surface area (Å²) in [6.45, 7) is 4.93. The molecule has 0 amide bonds. The molecule has 0 bridgehead atoms. The topological polar surface area (TPSA) is 53.9 Å². The van der Waals surface area contributed by atoms with E-state index in [0.29, 0.717) is 11.9 Å². The molecule has 1 aromatic heterocycles. The maximum Gasteiger partial charge on any atom is 0.235 e. The first kappa shape index (κ1) is 14.5. The van der Waals surface area contributed by atoms with Crippen molar-refractivity contribution in [1.82, 2.24) is 15.0 Å². The van der Waals surface area contributed by atoms with Crippen LogP contribution in [0.15, 0.2) is 24.3 Å². The monoisotopic (exact) mass is 291 g/mol. The van der Waals surface area contributed by atoms with Gasteiger partial charge in [-0.2, -0.15) is 15.0 Å². The van der Waals surface area contributed by atoms with Crippen molar-refractivity contribution < 1.29 is 0 Å². The third-order valence-corrected chi connectivity index (χ3v) is 2.99. The fraction of sp³-hybridized carbons (Fsp3) is 0.357. The molecule has 1 aromatic carbocycles. The number of halogens is 1. The zero-order chi connectivity index (χ0) is 14.5. The van der Waals surface area contributed by atoms with Crippen LogP contribution in [0.25, 0.3) is 0 Å². The van der Waals surface area contributed by atoms with Crippen molar-refractivity contribution in [2.75, 3.05) is 23.8 Å². The van der Waals surface area contributed by atoms with Crippen LogP contribution in [0.4, 0.5) is 17.6 Å². The number of hydrogen-bond donors (Lipinski definition) is 1. The standard InChI is InChI=1S/C14H18ClN5/c1-4-8-16-13-17-12(15)18-14(19-13)20(3)11-7-5-6-10(2)9-11/h5-7,9H,4,8H2,1-3H3,(H,16,17,18,19). The van der Waals surface area contributed by atoms with Gasteiger partial charge in [0, 0.05) is 19.3 Å². The van der Waals surface area contributed by atoms with Gasteiger partial charge in [-0.05, 0) is 42.6 Å². The van der Waals surface area contributed by atoms with Crippen molar-refractivity contribution in [3.8, 4) is 0 Å². The van der Waals surface area contributed by atoms with Gasteiger partial charge >= 0.3 is 0 Å². The molecule has 0 fully saturated rings. The summed E-state index contributed by atoms with van der Waals surface area (Å²) in [4.78, 5) is 14.5. The number of rotatable bonds is 5. The summed E-state index contributed by atoms with van der Waals surface area (Å²) in [6.07, 6.45) is 0.992. The van der Waals surface area contributed by atoms with Crippen LogP contribution < -0.4 is 10.2 Å². The quantitative estimate of drug-likeness (QED) is 0.915. The molecule has 20 heavy (non-hydrogen) atoms. The van der Waals surface area contributed by atoms with E-state index in [9.17, 15) is 0 Å². The minimum Gasteiger partial charge on any atom is -0.354 e. The molecular weight excluding hydrogens is 274 g/mol. The van der Waals surface area contributed by atoms with E-state index >= 15 is 0 Å². The smallest absolute Gasteiger partial charge is 0.235 e. The zero-order valence-electron chi connectivity index (χ0n) is 11.9. The minimum absolute atomic E-state index is 0.188. The summed E-state index contributed by atoms with van der Waals surface area (Å²) in [5, 5.41) is 3.31. The summed E-state index contributed by atoms with van der Waals surface area (Å²) in [7, 11) is 1.91. The van der Waals surface area contributed by atoms with E-state index in [4.69, 9.17) is 11.6 Å². The summed E-state index contributed by atoms with van der Waals surface area (Å²) in [6, 6.07) is 8.12. The molecule has 0 atom stereocenters. The van der Waals surface area contributed by atoms with Gasteiger partial charge < -0.3 is 10.2 Å². The molecule has 0 aliphatic carbocycles. The Morgan fingerprint density at radius 1 is 1.25 bits per heavy atom. The van der Waals surface area contributed by atoms with Crippen molar-refractivity contribution >= 4 is 29.2 Å². The van der Waals surface area contributed by atoms with Crippen LogP contribution in [0.3, 0.4) is 0 Å². The Hall–Kier alpha value is -1.88. The van der Waals surface area contributed by atoms with Crippen LogP contribution in [0, 0.1) is 6.92 Å². The molecule has 0 unspecified atom stereocenters. The summed E-state index contributed by atoms with van der Waals surface area (Å²) in [5.41, 5.74) is 2.19. The molecular formula is C14H18ClN5. The van der Waals surface area contributed by atoms with Crippen molar-refractivity contribution in [1.29, 1.82) is 0 Å². The van der Waals surface area contributed by atoms with Gasteiger partial charge in [0.1, 0.15) is 0 Å². The lowest BCUT2D eigenvalue weighted by Gasteiger charge is -2.18. The third-order valence-electron chi connectivity index (χ3n) is 2.82. The van der Waals surface area contributed by atoms with Gasteiger partial charge in [0.05, 0.1) is 0 Å². The molecule has 0 saturated carbocycles. The fourth-order valence-electron chi connectivity index (χ4n) is 1.76. The van der Waals surface area contributed by atoms with Crippen LogP contribution in [0.5, 0.6) is 0 Å². The highest BCUT2D eigenvalue weighted by Gasteiger charge is 2.11. The molecule has 0 spiro atoms. The van der Waals surface area contributed by atoms with Crippen molar-refractivity contribution in [3.05, 3.63) is 35.1 Å². The van der Waals surface area contributed by atoms with Gasteiger partial charge in [-0.1, -0.05) is 19.1 Å². The number of anilines is 3. The van der Waals surface area contributed by atoms with Crippen LogP contribution in [-0.4, -0.2) is 28.5 Å². The van der Waals surface area contributed by atoms with Crippen LogP contribution in [0.2, 0.25) is 5.28 Å². The largest absolute Gasteiger partial charge is 0.354 e. The Labute approximate surface area is 124 Å². The Kier molecular flexibility index (Phi) is 4.74. The van der Waals surface area contributed by atoms with E-state index < -0.39 is 0 Å². The lowest BCUT2D eigenvalue weighted by Crippen LogP contribution is -2.15. The van der Waals surface area contributed by atoms with Crippen LogP contribution in [0.1, 0.15) is 18.9 Å². The highest BCUT2D eigenvalue weighted by atomic mass is 35.5. The number of nitrogens with one attached hydrogen (secondary N) is 1. The van der Waals surface area contributed by atoms with E-state index in [2.05, 4.69) is 33.3 Å². The number of aryl methyl sites for hydroxylation is 1. The molecule has 0 aliphatic heterocycles. The fourth-order valence-corrected chi connectivity index (χ4v) is 1.91. The molecule has 6 heteroatoms. The Balaban J connectivity index is 2.29. The first-order valence-electron chi connectivity index (χ1n) is 6.56. The lowest BCUT2D eigenvalue weighted by atomic mass is 10.2. The predicted octanol–water partition coefficient (Wildman–Crippen LogP) is 3.42. The van der Waals surface area contributed by atoms with E-state index in [0.717, 1.165) is 18.7 Å². The van der Waals surface area contributed by atoms with Crippen LogP contribution in [-0.2, 0) is 0 Å². The van der Waals surface area contributed by atoms with E-state index in [1.807, 2.05) is 37.1 Å². The molecule has 2 aromatic rings. The normalized spacial score (nSPS) is 10.4. The van der Waals surface area contributed by atoms with Gasteiger partial charge in [-0.3, -0.25) is 0 Å². The molecule has 1 heterocycles. The molecule has 0 radical (unpaired) electrons. The number of hydrogen-bond acceptors (Lipinski definition) is 5. The number of nitrogens with zero attached hydrogens (tertiary/aromatic N) is 4. The van der Waals surface area contributed by atoms with Gasteiger partial charge in [-0.25, -0.2) is 0 Å². The average molecular weight is 292 g/mol. The molecule has 106 valence electrons. The second kappa shape index (κ2) is 6.52. The van der Waals surface area contributed by atoms with E-state index in [1.54, 1.807) is 0 Å². The minimum atomic E-state index is 0.188. The highest BCUT2D eigenvalue weighted by Crippen LogP contribution is 2.22. The molecule has 1 N–H and O–H groups in total. The predicted molar refractivity (Wildman–Crippen MR) is 82.9 cm³/mol. The third kappa shape index (κ3) is 3.57. The Bertz CT molecular complexity index is 588. The molecule has 5 nitrogen and oxygen atoms in total. The highest BCUT2D eigenvalue weighted by molar-refractivity contribution is 6.28. The van der Waals surface area contributed by atoms with Gasteiger partial charge in [-0.15, -0.1) is 0 Å². The van der Waals surface area contributed by atoms with Crippen molar-refractivity contribution in [3.63, 3.8) is 0 Å². The van der Waals surface area contributed by atoms with Crippen molar-refractivity contribution in [2.24, 2.45) is 0 Å². The summed E-state index contributed by atoms with van der Waals surface area (Å²) >= 11 is 5.96. The number of benzene rings is 1. The molecule has 2 rings (SSSR count). The second-order valence-corrected chi connectivity index (χ2v) is 4.89. The van der Waals surface area contributed by atoms with Gasteiger partial charge in [0.15, 0.2) is 0 Å². The van der Waals surface area contributed by atoms with E-state index in [-0.39, 0.29) is 5.28 Å². The lowest BCUT2D eigenvalue weighted by molar-refractivity contribution is 0.926. The summed E-state index contributed by atoms with van der Waals surface area (Å²) < 4.78 is 0. The maximum atomic E-state index is 5.96. The zero-order valence-corrected chi connectivity index (χ0v) is 12.6. The first-order chi connectivity index (χ1) is 9.60. The Morgan fingerprint density at radius 3 is 2.75 bits per heavy atom. The summed E-state index contributed by atoms with van der Waals surface area (Å²) in [5.74, 6) is 1.02. The van der Waals surface area contributed by atoms with Gasteiger partial charge in [0.25, 0.3) is 0 Å². The van der Waals surface area contributed by atoms with E-state index in [1.165, 1.54) is 5.56 Å². The average Bonchev–Trinajstić information content (AvgIpc) is 2.43. The van der Waals surface area contributed by atoms with Gasteiger partial charge in [0.2, 0.25) is 17.2 Å². The SMILES string of the molecule is CCCNc1nc(Cl)nc(N(C)c2cccc(C)c2)n1. The number of aromatic nitrogens is 3. The molecule has 0 aliphatic rings. The van der Waals surface area contributed by atoms with Crippen LogP contribution >= 0.6 is 11.6 Å². The first-order valence-corrected chi connectivity index (χ1v) is 6.94. The second-order valence-electron chi connectivity index (χ2n) is 4.55.